The van der Waals surface area contributed by atoms with Crippen molar-refractivity contribution in [2.24, 2.45) is 5.92 Å². The van der Waals surface area contributed by atoms with E-state index in [1.807, 2.05) is 0 Å². The maximum Gasteiger partial charge on any atom is 0.259 e. The number of halogens is 1. The number of aromatic nitrogens is 4. The van der Waals surface area contributed by atoms with E-state index < -0.39 is 11.7 Å². The van der Waals surface area contributed by atoms with Crippen molar-refractivity contribution in [1.29, 1.82) is 0 Å². The number of rotatable bonds is 6. The van der Waals surface area contributed by atoms with Gasteiger partial charge in [-0.1, -0.05) is 51.4 Å². The fraction of sp³-hybridized carbons (Fsp3) is 0.519. The Kier molecular flexibility index (Phi) is 12.5. The number of amides is 1. The molecular weight excluding hydrogens is 493 g/mol. The number of methoxy groups -OCH3 is 1. The van der Waals surface area contributed by atoms with E-state index in [9.17, 15) is 9.18 Å². The van der Waals surface area contributed by atoms with Crippen molar-refractivity contribution < 1.29 is 18.7 Å². The maximum atomic E-state index is 14.8. The summed E-state index contributed by atoms with van der Waals surface area (Å²) < 4.78 is 25.2. The van der Waals surface area contributed by atoms with Crippen LogP contribution in [-0.2, 0) is 4.74 Å². The van der Waals surface area contributed by atoms with Gasteiger partial charge in [0.25, 0.3) is 5.91 Å². The van der Waals surface area contributed by atoms with E-state index in [0.717, 1.165) is 24.1 Å². The summed E-state index contributed by atoms with van der Waals surface area (Å²) >= 11 is 1.25. The molecule has 0 spiro atoms. The van der Waals surface area contributed by atoms with Gasteiger partial charge < -0.3 is 9.47 Å². The molecule has 0 bridgehead atoms. The van der Waals surface area contributed by atoms with Crippen LogP contribution in [0.1, 0.15) is 73.2 Å². The quantitative estimate of drug-likeness (QED) is 0.384. The van der Waals surface area contributed by atoms with Crippen molar-refractivity contribution >= 4 is 22.4 Å². The number of unbranched alkanes of at least 4 members (excludes halogenated alkanes) is 1. The number of aryl methyl sites for hydroxylation is 3. The van der Waals surface area contributed by atoms with Crippen molar-refractivity contribution in [3.05, 3.63) is 46.2 Å². The number of nitrogens with one attached hydrogen (secondary N) is 1. The van der Waals surface area contributed by atoms with Crippen molar-refractivity contribution in [2.75, 3.05) is 25.6 Å². The number of carbonyl (C=O) groups is 1. The van der Waals surface area contributed by atoms with Gasteiger partial charge in [-0.15, -0.1) is 10.2 Å². The number of hydrogen-bond acceptors (Lipinski definition) is 8. The predicted octanol–water partition coefficient (Wildman–Crippen LogP) is 6.56. The second kappa shape index (κ2) is 15.3. The van der Waals surface area contributed by atoms with Crippen molar-refractivity contribution in [3.63, 3.8) is 0 Å². The molecule has 3 aromatic heterocycles. The molecule has 1 aliphatic heterocycles. The van der Waals surface area contributed by atoms with Gasteiger partial charge in [-0.2, -0.15) is 0 Å². The minimum Gasteiger partial charge on any atom is -0.494 e. The zero-order chi connectivity index (χ0) is 27.4. The number of anilines is 1. The fourth-order valence-corrected chi connectivity index (χ4v) is 3.92. The molecule has 0 saturated carbocycles. The van der Waals surface area contributed by atoms with Crippen LogP contribution in [0, 0.1) is 32.5 Å². The van der Waals surface area contributed by atoms with Crippen LogP contribution in [0.5, 0.6) is 5.75 Å². The van der Waals surface area contributed by atoms with E-state index in [4.69, 9.17) is 9.47 Å². The minimum atomic E-state index is -0.546. The number of carbonyl (C=O) groups excluding carboxylic acids is 1. The van der Waals surface area contributed by atoms with E-state index in [-0.39, 0.29) is 22.6 Å². The Morgan fingerprint density at radius 1 is 1.16 bits per heavy atom. The highest BCUT2D eigenvalue weighted by atomic mass is 32.1. The van der Waals surface area contributed by atoms with E-state index in [2.05, 4.69) is 46.3 Å². The topological polar surface area (TPSA) is 99.1 Å². The average molecular weight is 532 g/mol. The Labute approximate surface area is 223 Å². The summed E-state index contributed by atoms with van der Waals surface area (Å²) in [7, 11) is 1.42. The SMILES string of the molecule is CCC1CCOC1.CCCC.COc1cnc(C)c(F)c1-c1cc(C)ncc1C(=O)Nc1nnc(C)s1. The van der Waals surface area contributed by atoms with E-state index >= 15 is 0 Å². The van der Waals surface area contributed by atoms with Gasteiger partial charge in [-0.25, -0.2) is 4.39 Å². The number of pyridine rings is 2. The van der Waals surface area contributed by atoms with E-state index in [0.29, 0.717) is 16.4 Å². The van der Waals surface area contributed by atoms with Gasteiger partial charge in [-0.05, 0) is 39.2 Å². The van der Waals surface area contributed by atoms with Crippen molar-refractivity contribution in [2.45, 2.75) is 67.2 Å². The van der Waals surface area contributed by atoms with Crippen molar-refractivity contribution in [1.82, 2.24) is 20.2 Å². The summed E-state index contributed by atoms with van der Waals surface area (Å²) in [6.07, 6.45) is 8.05. The maximum absolute atomic E-state index is 14.8. The molecule has 37 heavy (non-hydrogen) atoms. The second-order valence-corrected chi connectivity index (χ2v) is 9.87. The molecule has 4 rings (SSSR count). The highest BCUT2D eigenvalue weighted by Crippen LogP contribution is 2.35. The molecular formula is C27H38FN5O3S. The molecule has 10 heteroatoms. The molecule has 0 radical (unpaired) electrons. The fourth-order valence-electron chi connectivity index (χ4n) is 3.34. The number of hydrogen-bond donors (Lipinski definition) is 1. The Bertz CT molecular complexity index is 1150. The van der Waals surface area contributed by atoms with Crippen LogP contribution in [0.25, 0.3) is 11.1 Å². The Hall–Kier alpha value is -2.98. The first-order chi connectivity index (χ1) is 17.7. The van der Waals surface area contributed by atoms with Crippen LogP contribution in [-0.4, -0.2) is 46.4 Å². The van der Waals surface area contributed by atoms with Crippen LogP contribution < -0.4 is 10.1 Å². The third-order valence-corrected chi connectivity index (χ3v) is 6.54. The van der Waals surface area contributed by atoms with E-state index in [1.54, 1.807) is 26.8 Å². The largest absolute Gasteiger partial charge is 0.494 e. The summed E-state index contributed by atoms with van der Waals surface area (Å²) in [6, 6.07) is 1.64. The molecule has 1 N–H and O–H groups in total. The third kappa shape index (κ3) is 8.82. The Morgan fingerprint density at radius 2 is 1.89 bits per heavy atom. The van der Waals surface area contributed by atoms with Gasteiger partial charge in [0.2, 0.25) is 5.13 Å². The molecule has 4 heterocycles. The summed E-state index contributed by atoms with van der Waals surface area (Å²) in [6.45, 7) is 13.7. The van der Waals surface area contributed by atoms with Gasteiger partial charge in [-0.3, -0.25) is 20.1 Å². The second-order valence-electron chi connectivity index (χ2n) is 8.69. The molecule has 1 fully saturated rings. The summed E-state index contributed by atoms with van der Waals surface area (Å²) in [5, 5.41) is 11.5. The van der Waals surface area contributed by atoms with Crippen LogP contribution in [0.2, 0.25) is 0 Å². The lowest BCUT2D eigenvalue weighted by Gasteiger charge is -2.14. The smallest absolute Gasteiger partial charge is 0.259 e. The van der Waals surface area contributed by atoms with Gasteiger partial charge in [0.15, 0.2) is 5.82 Å². The molecule has 1 unspecified atom stereocenters. The zero-order valence-electron chi connectivity index (χ0n) is 22.9. The summed E-state index contributed by atoms with van der Waals surface area (Å²) in [5.74, 6) is 0.106. The standard InChI is InChI=1S/C17H16FN5O2S.C6H12O.C4H10/c1-8-5-11(14-13(25-4)7-20-9(2)15(14)18)12(6-19-8)16(24)21-17-23-22-10(3)26-17;1-2-6-3-4-7-5-6;1-3-4-2/h5-7H,1-4H3,(H,21,23,24);6H,2-5H2,1H3;3-4H2,1-2H3. The van der Waals surface area contributed by atoms with Gasteiger partial charge in [0.1, 0.15) is 10.8 Å². The van der Waals surface area contributed by atoms with Crippen LogP contribution in [0.4, 0.5) is 9.52 Å². The average Bonchev–Trinajstić information content (AvgIpc) is 3.57. The van der Waals surface area contributed by atoms with Gasteiger partial charge in [0.05, 0.1) is 30.1 Å². The molecule has 3 aromatic rings. The molecule has 1 atom stereocenters. The number of nitrogens with zero attached hydrogens (tertiary/aromatic N) is 4. The highest BCUT2D eigenvalue weighted by Gasteiger charge is 2.22. The monoisotopic (exact) mass is 531 g/mol. The molecule has 0 aliphatic carbocycles. The normalized spacial score (nSPS) is 14.2. The lowest BCUT2D eigenvalue weighted by atomic mass is 9.99. The summed E-state index contributed by atoms with van der Waals surface area (Å²) in [5.41, 5.74) is 1.59. The van der Waals surface area contributed by atoms with Gasteiger partial charge >= 0.3 is 0 Å². The highest BCUT2D eigenvalue weighted by molar-refractivity contribution is 7.15. The van der Waals surface area contributed by atoms with Crippen molar-refractivity contribution in [3.8, 4) is 16.9 Å². The van der Waals surface area contributed by atoms with Crippen LogP contribution in [0.15, 0.2) is 18.5 Å². The predicted molar refractivity (Wildman–Crippen MR) is 146 cm³/mol. The first-order valence-electron chi connectivity index (χ1n) is 12.6. The Balaban J connectivity index is 0.000000363. The lowest BCUT2D eigenvalue weighted by Crippen LogP contribution is -2.14. The third-order valence-electron chi connectivity index (χ3n) is 5.78. The van der Waals surface area contributed by atoms with Gasteiger partial charge in [0, 0.05) is 30.7 Å². The van der Waals surface area contributed by atoms with Crippen LogP contribution >= 0.6 is 11.3 Å². The lowest BCUT2D eigenvalue weighted by molar-refractivity contribution is 0.102. The number of ether oxygens (including phenoxy) is 2. The molecule has 0 aromatic carbocycles. The Morgan fingerprint density at radius 3 is 2.41 bits per heavy atom. The first-order valence-corrected chi connectivity index (χ1v) is 13.4. The molecule has 202 valence electrons. The van der Waals surface area contributed by atoms with Crippen LogP contribution in [0.3, 0.4) is 0 Å². The molecule has 1 saturated heterocycles. The minimum absolute atomic E-state index is 0.170. The molecule has 1 amide bonds. The summed E-state index contributed by atoms with van der Waals surface area (Å²) in [4.78, 5) is 20.9. The first kappa shape index (κ1) is 30.2. The molecule has 8 nitrogen and oxygen atoms in total. The molecule has 1 aliphatic rings. The van der Waals surface area contributed by atoms with E-state index in [1.165, 1.54) is 56.5 Å². The zero-order valence-corrected chi connectivity index (χ0v) is 23.7.